The van der Waals surface area contributed by atoms with Crippen LogP contribution in [0.3, 0.4) is 0 Å². The first-order valence-corrected chi connectivity index (χ1v) is 6.11. The number of alkyl carbamates (subject to hydrolysis) is 1. The van der Waals surface area contributed by atoms with Crippen LogP contribution in [-0.2, 0) is 16.0 Å². The van der Waals surface area contributed by atoms with Gasteiger partial charge < -0.3 is 14.8 Å². The monoisotopic (exact) mass is 281 g/mol. The highest BCUT2D eigenvalue weighted by atomic mass is 16.6. The van der Waals surface area contributed by atoms with Crippen LogP contribution in [0.2, 0.25) is 0 Å². The molecule has 0 saturated heterocycles. The first-order chi connectivity index (χ1) is 9.23. The van der Waals surface area contributed by atoms with Crippen LogP contribution < -0.4 is 5.32 Å². The maximum atomic E-state index is 11.5. The molecule has 0 radical (unpaired) electrons. The van der Waals surface area contributed by atoms with Gasteiger partial charge in [0.1, 0.15) is 5.60 Å². The molecule has 0 atom stereocenters. The second-order valence-electron chi connectivity index (χ2n) is 5.21. The van der Waals surface area contributed by atoms with Crippen LogP contribution in [0, 0.1) is 6.92 Å². The standard InChI is InChI=1S/C13H19N3O4/c1-8-6-9(11(17)19-5)15-16-10(8)7-14-12(18)20-13(2,3)4/h6H,7H2,1-5H3,(H,14,18). The number of rotatable bonds is 3. The van der Waals surface area contributed by atoms with Gasteiger partial charge >= 0.3 is 12.1 Å². The molecule has 20 heavy (non-hydrogen) atoms. The Morgan fingerprint density at radius 2 is 1.95 bits per heavy atom. The normalized spacial score (nSPS) is 10.8. The van der Waals surface area contributed by atoms with Crippen LogP contribution in [0.15, 0.2) is 6.07 Å². The molecule has 0 saturated carbocycles. The fraction of sp³-hybridized carbons (Fsp3) is 0.538. The van der Waals surface area contributed by atoms with Crippen LogP contribution in [0.25, 0.3) is 0 Å². The summed E-state index contributed by atoms with van der Waals surface area (Å²) in [5, 5.41) is 10.2. The Kier molecular flexibility index (Phi) is 5.01. The minimum Gasteiger partial charge on any atom is -0.464 e. The molecule has 1 aromatic rings. The van der Waals surface area contributed by atoms with Gasteiger partial charge in [0.2, 0.25) is 0 Å². The number of nitrogens with one attached hydrogen (secondary N) is 1. The zero-order valence-electron chi connectivity index (χ0n) is 12.3. The molecule has 0 aliphatic heterocycles. The Morgan fingerprint density at radius 3 is 2.45 bits per heavy atom. The molecule has 0 fully saturated rings. The number of aryl methyl sites for hydroxylation is 1. The Morgan fingerprint density at radius 1 is 1.30 bits per heavy atom. The van der Waals surface area contributed by atoms with Crippen LogP contribution in [0.5, 0.6) is 0 Å². The lowest BCUT2D eigenvalue weighted by molar-refractivity contribution is 0.0520. The van der Waals surface area contributed by atoms with Crippen molar-refractivity contribution in [1.82, 2.24) is 15.5 Å². The molecule has 1 aromatic heterocycles. The van der Waals surface area contributed by atoms with Gasteiger partial charge in [-0.2, -0.15) is 5.10 Å². The smallest absolute Gasteiger partial charge is 0.407 e. The van der Waals surface area contributed by atoms with Crippen LogP contribution in [0.4, 0.5) is 4.79 Å². The second kappa shape index (κ2) is 6.31. The van der Waals surface area contributed by atoms with E-state index in [1.54, 1.807) is 33.8 Å². The number of hydrogen-bond donors (Lipinski definition) is 1. The number of methoxy groups -OCH3 is 1. The van der Waals surface area contributed by atoms with E-state index < -0.39 is 17.7 Å². The zero-order valence-corrected chi connectivity index (χ0v) is 12.3. The van der Waals surface area contributed by atoms with Gasteiger partial charge in [-0.05, 0) is 39.3 Å². The largest absolute Gasteiger partial charge is 0.464 e. The van der Waals surface area contributed by atoms with Gasteiger partial charge in [-0.25, -0.2) is 9.59 Å². The number of carbonyl (C=O) groups is 2. The third-order valence-corrected chi connectivity index (χ3v) is 2.28. The molecule has 0 spiro atoms. The molecular weight excluding hydrogens is 262 g/mol. The third-order valence-electron chi connectivity index (χ3n) is 2.28. The van der Waals surface area contributed by atoms with Gasteiger partial charge in [0.05, 0.1) is 19.3 Å². The Bertz CT molecular complexity index is 509. The van der Waals surface area contributed by atoms with Crippen molar-refractivity contribution in [3.05, 3.63) is 23.0 Å². The molecule has 7 nitrogen and oxygen atoms in total. The number of nitrogens with zero attached hydrogens (tertiary/aromatic N) is 2. The summed E-state index contributed by atoms with van der Waals surface area (Å²) in [5.74, 6) is -0.549. The molecule has 0 aromatic carbocycles. The van der Waals surface area contributed by atoms with E-state index in [9.17, 15) is 9.59 Å². The quantitative estimate of drug-likeness (QED) is 0.846. The maximum absolute atomic E-state index is 11.5. The van der Waals surface area contributed by atoms with Crippen molar-refractivity contribution in [2.24, 2.45) is 0 Å². The molecule has 1 N–H and O–H groups in total. The van der Waals surface area contributed by atoms with E-state index in [4.69, 9.17) is 4.74 Å². The molecule has 0 unspecified atom stereocenters. The molecular formula is C13H19N3O4. The molecule has 1 amide bonds. The molecule has 0 bridgehead atoms. The van der Waals surface area contributed by atoms with Crippen molar-refractivity contribution >= 4 is 12.1 Å². The second-order valence-corrected chi connectivity index (χ2v) is 5.21. The Labute approximate surface area is 117 Å². The first-order valence-electron chi connectivity index (χ1n) is 6.11. The fourth-order valence-electron chi connectivity index (χ4n) is 1.36. The van der Waals surface area contributed by atoms with Crippen molar-refractivity contribution in [2.75, 3.05) is 7.11 Å². The lowest BCUT2D eigenvalue weighted by Crippen LogP contribution is -2.32. The molecule has 0 aliphatic rings. The number of hydrogen-bond acceptors (Lipinski definition) is 6. The summed E-state index contributed by atoms with van der Waals surface area (Å²) in [6.45, 7) is 7.29. The predicted molar refractivity (Wildman–Crippen MR) is 71.2 cm³/mol. The zero-order chi connectivity index (χ0) is 15.3. The SMILES string of the molecule is COC(=O)c1cc(C)c(CNC(=O)OC(C)(C)C)nn1. The third kappa shape index (κ3) is 4.83. The van der Waals surface area contributed by atoms with E-state index in [1.165, 1.54) is 7.11 Å². The average molecular weight is 281 g/mol. The van der Waals surface area contributed by atoms with E-state index in [-0.39, 0.29) is 12.2 Å². The van der Waals surface area contributed by atoms with Crippen molar-refractivity contribution in [1.29, 1.82) is 0 Å². The van der Waals surface area contributed by atoms with Gasteiger partial charge in [0.15, 0.2) is 5.69 Å². The highest BCUT2D eigenvalue weighted by Gasteiger charge is 2.16. The highest BCUT2D eigenvalue weighted by molar-refractivity contribution is 5.87. The van der Waals surface area contributed by atoms with Gasteiger partial charge in [-0.15, -0.1) is 5.10 Å². The molecule has 0 aliphatic carbocycles. The summed E-state index contributed by atoms with van der Waals surface area (Å²) < 4.78 is 9.66. The Hall–Kier alpha value is -2.18. The summed E-state index contributed by atoms with van der Waals surface area (Å²) in [6, 6.07) is 1.56. The lowest BCUT2D eigenvalue weighted by atomic mass is 10.2. The van der Waals surface area contributed by atoms with E-state index in [1.807, 2.05) is 0 Å². The topological polar surface area (TPSA) is 90.4 Å². The van der Waals surface area contributed by atoms with Gasteiger partial charge in [0, 0.05) is 0 Å². The van der Waals surface area contributed by atoms with Crippen LogP contribution in [-0.4, -0.2) is 35.0 Å². The number of aromatic nitrogens is 2. The predicted octanol–water partition coefficient (Wildman–Crippen LogP) is 1.60. The van der Waals surface area contributed by atoms with E-state index in [0.717, 1.165) is 5.56 Å². The molecule has 110 valence electrons. The van der Waals surface area contributed by atoms with E-state index in [0.29, 0.717) is 5.69 Å². The fourth-order valence-corrected chi connectivity index (χ4v) is 1.36. The summed E-state index contributed by atoms with van der Waals surface area (Å²) >= 11 is 0. The van der Waals surface area contributed by atoms with Gasteiger partial charge in [-0.1, -0.05) is 0 Å². The summed E-state index contributed by atoms with van der Waals surface area (Å²) in [4.78, 5) is 22.8. The van der Waals surface area contributed by atoms with Crippen LogP contribution in [0.1, 0.15) is 42.5 Å². The minimum atomic E-state index is -0.556. The Balaban J connectivity index is 2.66. The maximum Gasteiger partial charge on any atom is 0.407 e. The van der Waals surface area contributed by atoms with Crippen molar-refractivity contribution in [3.8, 4) is 0 Å². The number of amides is 1. The molecule has 7 heteroatoms. The van der Waals surface area contributed by atoms with Crippen molar-refractivity contribution < 1.29 is 19.1 Å². The summed E-state index contributed by atoms with van der Waals surface area (Å²) in [7, 11) is 1.28. The number of ether oxygens (including phenoxy) is 2. The first kappa shape index (κ1) is 15.9. The van der Waals surface area contributed by atoms with Crippen molar-refractivity contribution in [3.63, 3.8) is 0 Å². The number of esters is 1. The van der Waals surface area contributed by atoms with Gasteiger partial charge in [0.25, 0.3) is 0 Å². The molecule has 1 heterocycles. The minimum absolute atomic E-state index is 0.131. The lowest BCUT2D eigenvalue weighted by Gasteiger charge is -2.19. The van der Waals surface area contributed by atoms with Crippen molar-refractivity contribution in [2.45, 2.75) is 39.8 Å². The summed E-state index contributed by atoms with van der Waals surface area (Å²) in [6.07, 6.45) is -0.532. The highest BCUT2D eigenvalue weighted by Crippen LogP contribution is 2.08. The van der Waals surface area contributed by atoms with Gasteiger partial charge in [-0.3, -0.25) is 0 Å². The van der Waals surface area contributed by atoms with E-state index >= 15 is 0 Å². The van der Waals surface area contributed by atoms with Crippen LogP contribution >= 0.6 is 0 Å². The summed E-state index contributed by atoms with van der Waals surface area (Å²) in [5.41, 5.74) is 0.866. The number of carbonyl (C=O) groups excluding carboxylic acids is 2. The average Bonchev–Trinajstić information content (AvgIpc) is 2.34. The van der Waals surface area contributed by atoms with E-state index in [2.05, 4.69) is 20.3 Å². The molecule has 1 rings (SSSR count).